The van der Waals surface area contributed by atoms with Crippen LogP contribution in [0.15, 0.2) is 52.3 Å². The molecule has 2 aliphatic heterocycles. The Morgan fingerprint density at radius 2 is 1.91 bits per heavy atom. The summed E-state index contributed by atoms with van der Waals surface area (Å²) in [5.41, 5.74) is 2.44. The number of thiazole rings is 1. The SMILES string of the molecule is Cc1cccc(COc2ccc([N+](=O)[O-])cc2[C@H]2c3sc(=O)[nH]c3SC3C4CC(C5C(=O)N(C(C)C(=O)O)C(=O)C45)C32)c1. The second-order valence-corrected chi connectivity index (χ2v) is 14.0. The largest absolute Gasteiger partial charge is 0.489 e. The molecule has 2 saturated carbocycles. The van der Waals surface area contributed by atoms with Crippen molar-refractivity contribution in [1.29, 1.82) is 0 Å². The van der Waals surface area contributed by atoms with Crippen LogP contribution in [-0.2, 0) is 21.0 Å². The van der Waals surface area contributed by atoms with Gasteiger partial charge in [-0.05, 0) is 49.7 Å². The van der Waals surface area contributed by atoms with Gasteiger partial charge < -0.3 is 14.8 Å². The maximum atomic E-state index is 13.7. The highest BCUT2D eigenvalue weighted by atomic mass is 32.2. The number of thioether (sulfide) groups is 1. The maximum absolute atomic E-state index is 13.7. The third-order valence-corrected chi connectivity index (χ3v) is 12.1. The Balaban J connectivity index is 1.33. The molecule has 3 fully saturated rings. The third-order valence-electron chi connectivity index (χ3n) is 9.52. The fraction of sp³-hybridized carbons (Fsp3) is 0.400. The number of carbonyl (C=O) groups is 3. The molecule has 3 heterocycles. The van der Waals surface area contributed by atoms with Gasteiger partial charge in [-0.15, -0.1) is 11.8 Å². The Morgan fingerprint density at radius 1 is 1.16 bits per heavy atom. The minimum atomic E-state index is -1.27. The number of H-pyrrole nitrogens is 1. The predicted molar refractivity (Wildman–Crippen MR) is 156 cm³/mol. The summed E-state index contributed by atoms with van der Waals surface area (Å²) in [5.74, 6) is -4.21. The molecule has 8 atom stereocenters. The molecule has 1 saturated heterocycles. The normalized spacial score (nSPS) is 29.3. The number of carboxylic acid groups (broad SMARTS) is 1. The van der Waals surface area contributed by atoms with Gasteiger partial charge in [0, 0.05) is 33.7 Å². The number of aryl methyl sites for hydroxylation is 1. The summed E-state index contributed by atoms with van der Waals surface area (Å²) in [6, 6.07) is 11.1. The van der Waals surface area contributed by atoms with Crippen LogP contribution in [0.5, 0.6) is 5.75 Å². The molecule has 2 N–H and O–H groups in total. The smallest absolute Gasteiger partial charge is 0.326 e. The van der Waals surface area contributed by atoms with E-state index in [1.165, 1.54) is 30.8 Å². The first kappa shape index (κ1) is 27.8. The number of amides is 2. The van der Waals surface area contributed by atoms with E-state index < -0.39 is 46.5 Å². The predicted octanol–water partition coefficient (Wildman–Crippen LogP) is 4.18. The van der Waals surface area contributed by atoms with Gasteiger partial charge in [-0.25, -0.2) is 4.79 Å². The molecule has 1 aromatic heterocycles. The molecule has 2 amide bonds. The summed E-state index contributed by atoms with van der Waals surface area (Å²) < 4.78 is 6.31. The number of carboxylic acids is 1. The number of nitro groups is 1. The zero-order valence-corrected chi connectivity index (χ0v) is 24.7. The van der Waals surface area contributed by atoms with Crippen molar-refractivity contribution in [1.82, 2.24) is 9.88 Å². The lowest BCUT2D eigenvalue weighted by atomic mass is 9.68. The second-order valence-electron chi connectivity index (χ2n) is 11.8. The van der Waals surface area contributed by atoms with Crippen LogP contribution in [0, 0.1) is 46.6 Å². The highest BCUT2D eigenvalue weighted by Crippen LogP contribution is 2.69. The van der Waals surface area contributed by atoms with Gasteiger partial charge in [-0.1, -0.05) is 41.2 Å². The minimum absolute atomic E-state index is 0.119. The van der Waals surface area contributed by atoms with Gasteiger partial charge in [0.1, 0.15) is 18.4 Å². The summed E-state index contributed by atoms with van der Waals surface area (Å²) in [4.78, 5) is 67.4. The molecule has 11 nitrogen and oxygen atoms in total. The van der Waals surface area contributed by atoms with Gasteiger partial charge in [0.15, 0.2) is 0 Å². The molecule has 222 valence electrons. The zero-order valence-electron chi connectivity index (χ0n) is 23.1. The number of hydrogen-bond donors (Lipinski definition) is 2. The summed E-state index contributed by atoms with van der Waals surface area (Å²) in [6.45, 7) is 3.55. The van der Waals surface area contributed by atoms with Gasteiger partial charge in [-0.3, -0.25) is 29.4 Å². The van der Waals surface area contributed by atoms with Crippen molar-refractivity contribution in [3.63, 3.8) is 0 Å². The van der Waals surface area contributed by atoms with E-state index in [4.69, 9.17) is 4.74 Å². The number of ether oxygens (including phenoxy) is 1. The zero-order chi connectivity index (χ0) is 30.3. The van der Waals surface area contributed by atoms with E-state index in [1.807, 2.05) is 31.2 Å². The van der Waals surface area contributed by atoms with Crippen LogP contribution >= 0.6 is 23.1 Å². The number of likely N-dealkylation sites (tertiary alicyclic amines) is 1. The van der Waals surface area contributed by atoms with Crippen molar-refractivity contribution in [2.75, 3.05) is 0 Å². The van der Waals surface area contributed by atoms with E-state index in [1.54, 1.807) is 6.07 Å². The summed E-state index contributed by atoms with van der Waals surface area (Å²) in [6.07, 6.45) is 0.606. The number of nitrogens with one attached hydrogen (secondary N) is 1. The van der Waals surface area contributed by atoms with Gasteiger partial charge >= 0.3 is 10.8 Å². The molecule has 4 aliphatic rings. The molecular weight excluding hydrogens is 594 g/mol. The van der Waals surface area contributed by atoms with Gasteiger partial charge in [0.25, 0.3) is 5.69 Å². The number of imide groups is 1. The van der Waals surface area contributed by atoms with Gasteiger partial charge in [0.05, 0.1) is 21.8 Å². The Bertz CT molecular complexity index is 1770. The number of carbonyl (C=O) groups excluding carboxylic acids is 2. The first-order valence-electron chi connectivity index (χ1n) is 14.0. The van der Waals surface area contributed by atoms with E-state index in [9.17, 15) is 34.4 Å². The van der Waals surface area contributed by atoms with E-state index in [0.29, 0.717) is 22.8 Å². The second kappa shape index (κ2) is 10.1. The van der Waals surface area contributed by atoms with Crippen molar-refractivity contribution in [2.24, 2.45) is 29.6 Å². The Hall–Kier alpha value is -3.97. The molecule has 43 heavy (non-hydrogen) atoms. The van der Waals surface area contributed by atoms with Gasteiger partial charge in [0.2, 0.25) is 11.8 Å². The number of benzene rings is 2. The lowest BCUT2D eigenvalue weighted by Crippen LogP contribution is -2.44. The molecule has 3 aromatic rings. The molecular formula is C30H27N3O8S2. The maximum Gasteiger partial charge on any atom is 0.326 e. The Kier molecular flexibility index (Phi) is 6.51. The highest BCUT2D eigenvalue weighted by molar-refractivity contribution is 8.00. The summed E-state index contributed by atoms with van der Waals surface area (Å²) in [5, 5.41) is 22.0. The minimum Gasteiger partial charge on any atom is -0.489 e. The van der Waals surface area contributed by atoms with Crippen LogP contribution in [0.1, 0.15) is 40.8 Å². The van der Waals surface area contributed by atoms with Crippen molar-refractivity contribution in [2.45, 2.75) is 49.1 Å². The number of nitro benzene ring substituents is 1. The number of fused-ring (bicyclic) bond motifs is 9. The van der Waals surface area contributed by atoms with Crippen molar-refractivity contribution in [3.05, 3.63) is 83.8 Å². The average Bonchev–Trinajstić information content (AvgIpc) is 3.70. The molecule has 2 bridgehead atoms. The van der Waals surface area contributed by atoms with Crippen molar-refractivity contribution < 1.29 is 29.2 Å². The standard InChI is InChI=1S/C30H27N3O8S2/c1-12-4-3-5-14(8-12)11-41-19-7-6-15(33(39)40)9-16(19)20-21-17-10-18(24(21)42-26-25(20)43-30(38)31-26)23-22(17)27(34)32(28(23)35)13(2)29(36)37/h3-9,13,17-18,20-24H,10-11H2,1-2H3,(H,31,38)(H,36,37)/t13?,17?,18?,20-,21?,22?,23?,24?/m1/s1. The van der Waals surface area contributed by atoms with Crippen LogP contribution in [0.4, 0.5) is 5.69 Å². The molecule has 0 radical (unpaired) electrons. The fourth-order valence-electron chi connectivity index (χ4n) is 7.87. The van der Waals surface area contributed by atoms with Crippen molar-refractivity contribution >= 4 is 46.6 Å². The van der Waals surface area contributed by atoms with E-state index in [2.05, 4.69) is 4.98 Å². The number of aromatic nitrogens is 1. The average molecular weight is 622 g/mol. The lowest BCUT2D eigenvalue weighted by Gasteiger charge is -2.43. The monoisotopic (exact) mass is 621 g/mol. The van der Waals surface area contributed by atoms with Gasteiger partial charge in [-0.2, -0.15) is 0 Å². The number of rotatable bonds is 7. The fourth-order valence-corrected chi connectivity index (χ4v) is 10.7. The lowest BCUT2D eigenvalue weighted by molar-refractivity contribution is -0.385. The summed E-state index contributed by atoms with van der Waals surface area (Å²) in [7, 11) is 0. The molecule has 13 heteroatoms. The molecule has 0 spiro atoms. The molecule has 2 aromatic carbocycles. The first-order chi connectivity index (χ1) is 20.5. The topological polar surface area (TPSA) is 160 Å². The van der Waals surface area contributed by atoms with E-state index >= 15 is 0 Å². The Morgan fingerprint density at radius 3 is 2.60 bits per heavy atom. The third kappa shape index (κ3) is 4.23. The number of aromatic amines is 1. The Labute approximate surface area is 253 Å². The summed E-state index contributed by atoms with van der Waals surface area (Å²) >= 11 is 2.54. The molecule has 2 aliphatic carbocycles. The van der Waals surface area contributed by atoms with E-state index in [-0.39, 0.29) is 40.2 Å². The molecule has 7 unspecified atom stereocenters. The number of non-ortho nitro benzene ring substituents is 1. The van der Waals surface area contributed by atoms with E-state index in [0.717, 1.165) is 32.2 Å². The number of nitrogens with zero attached hydrogens (tertiary/aromatic N) is 2. The number of hydrogen-bond acceptors (Lipinski definition) is 9. The first-order valence-corrected chi connectivity index (χ1v) is 15.7. The van der Waals surface area contributed by atoms with Crippen LogP contribution in [-0.4, -0.2) is 49.0 Å². The quantitative estimate of drug-likeness (QED) is 0.224. The highest BCUT2D eigenvalue weighted by Gasteiger charge is 2.70. The van der Waals surface area contributed by atoms with Crippen LogP contribution < -0.4 is 9.61 Å². The van der Waals surface area contributed by atoms with Crippen LogP contribution in [0.2, 0.25) is 0 Å². The number of aliphatic carboxylic acids is 1. The molecule has 7 rings (SSSR count). The van der Waals surface area contributed by atoms with Crippen molar-refractivity contribution in [3.8, 4) is 5.75 Å². The van der Waals surface area contributed by atoms with Crippen LogP contribution in [0.3, 0.4) is 0 Å². The van der Waals surface area contributed by atoms with Crippen LogP contribution in [0.25, 0.3) is 0 Å².